The highest BCUT2D eigenvalue weighted by Crippen LogP contribution is 2.19. The summed E-state index contributed by atoms with van der Waals surface area (Å²) in [5.74, 6) is 0.828. The first kappa shape index (κ1) is 17.6. The van der Waals surface area contributed by atoms with Crippen LogP contribution in [0.3, 0.4) is 0 Å². The van der Waals surface area contributed by atoms with Crippen LogP contribution in [0.15, 0.2) is 34.2 Å². The summed E-state index contributed by atoms with van der Waals surface area (Å²) in [6, 6.07) is 7.88. The summed E-state index contributed by atoms with van der Waals surface area (Å²) in [4.78, 5) is 20.9. The highest BCUT2D eigenvalue weighted by Gasteiger charge is 2.23. The molecule has 0 radical (unpaired) electrons. The average molecular weight is 363 g/mol. The second-order valence-corrected chi connectivity index (χ2v) is 8.04. The van der Waals surface area contributed by atoms with Crippen molar-refractivity contribution >= 4 is 9.84 Å². The van der Waals surface area contributed by atoms with Gasteiger partial charge in [-0.05, 0) is 24.6 Å². The van der Waals surface area contributed by atoms with Gasteiger partial charge in [0.2, 0.25) is 15.0 Å². The quantitative estimate of drug-likeness (QED) is 0.801. The Morgan fingerprint density at radius 2 is 2.16 bits per heavy atom. The van der Waals surface area contributed by atoms with E-state index in [9.17, 15) is 13.2 Å². The number of hydrogen-bond acceptors (Lipinski definition) is 6. The van der Waals surface area contributed by atoms with Crippen LogP contribution in [0.5, 0.6) is 5.75 Å². The Labute approximate surface area is 146 Å². The molecule has 8 heteroatoms. The second kappa shape index (κ2) is 6.97. The van der Waals surface area contributed by atoms with Crippen LogP contribution in [-0.4, -0.2) is 42.7 Å². The number of fused-ring (bicyclic) bond motifs is 1. The zero-order valence-corrected chi connectivity index (χ0v) is 15.1. The van der Waals surface area contributed by atoms with Crippen LogP contribution in [0.1, 0.15) is 23.7 Å². The molecule has 0 saturated heterocycles. The van der Waals surface area contributed by atoms with E-state index in [1.165, 1.54) is 0 Å². The number of H-pyrrole nitrogens is 1. The molecule has 7 nitrogen and oxygen atoms in total. The van der Waals surface area contributed by atoms with E-state index >= 15 is 0 Å². The Kier molecular flexibility index (Phi) is 4.91. The Bertz CT molecular complexity index is 937. The van der Waals surface area contributed by atoms with Gasteiger partial charge in [-0.2, -0.15) is 0 Å². The van der Waals surface area contributed by atoms with Gasteiger partial charge in [-0.25, -0.2) is 13.4 Å². The number of nitrogens with zero attached hydrogens (tertiary/aromatic N) is 2. The van der Waals surface area contributed by atoms with E-state index in [0.29, 0.717) is 43.9 Å². The molecular formula is C17H21N3O4S. The minimum Gasteiger partial charge on any atom is -0.494 e. The van der Waals surface area contributed by atoms with Gasteiger partial charge in [0.15, 0.2) is 0 Å². The molecule has 0 bridgehead atoms. The van der Waals surface area contributed by atoms with Crippen LogP contribution in [0.4, 0.5) is 0 Å². The number of sulfone groups is 1. The van der Waals surface area contributed by atoms with Crippen molar-refractivity contribution in [3.8, 4) is 5.75 Å². The van der Waals surface area contributed by atoms with Gasteiger partial charge < -0.3 is 4.74 Å². The van der Waals surface area contributed by atoms with Gasteiger partial charge in [0.1, 0.15) is 5.75 Å². The molecule has 0 unspecified atom stereocenters. The van der Waals surface area contributed by atoms with E-state index in [1.54, 1.807) is 0 Å². The number of hydrogen-bond donors (Lipinski definition) is 1. The summed E-state index contributed by atoms with van der Waals surface area (Å²) in [7, 11) is -3.53. The minimum atomic E-state index is -3.53. The van der Waals surface area contributed by atoms with Crippen LogP contribution in [0.25, 0.3) is 0 Å². The molecule has 1 aliphatic rings. The summed E-state index contributed by atoms with van der Waals surface area (Å²) >= 11 is 0. The molecule has 134 valence electrons. The van der Waals surface area contributed by atoms with Gasteiger partial charge in [-0.15, -0.1) is 0 Å². The standard InChI is InChI=1S/C17H21N3O4S/c1-3-24-13-6-4-5-12(9-13)10-20-8-7-15-14(11-20)16(21)19-17(18-15)25(2,22)23/h4-6,9H,3,7-8,10-11H2,1-2H3,(H,18,19,21). The molecule has 1 aliphatic heterocycles. The van der Waals surface area contributed by atoms with Crippen LogP contribution in [-0.2, 0) is 29.3 Å². The van der Waals surface area contributed by atoms with Crippen molar-refractivity contribution < 1.29 is 13.2 Å². The molecule has 0 amide bonds. The fraction of sp³-hybridized carbons (Fsp3) is 0.412. The third-order valence-electron chi connectivity index (χ3n) is 4.09. The summed E-state index contributed by atoms with van der Waals surface area (Å²) < 4.78 is 28.7. The summed E-state index contributed by atoms with van der Waals surface area (Å²) in [6.45, 7) is 4.41. The number of nitrogens with one attached hydrogen (secondary N) is 1. The second-order valence-electron chi connectivity index (χ2n) is 6.11. The average Bonchev–Trinajstić information content (AvgIpc) is 2.55. The first-order valence-corrected chi connectivity index (χ1v) is 10.0. The molecule has 0 fully saturated rings. The molecular weight excluding hydrogens is 342 g/mol. The van der Waals surface area contributed by atoms with E-state index in [0.717, 1.165) is 17.6 Å². The van der Waals surface area contributed by atoms with Crippen molar-refractivity contribution in [3.63, 3.8) is 0 Å². The molecule has 2 heterocycles. The van der Waals surface area contributed by atoms with Gasteiger partial charge in [0.25, 0.3) is 5.56 Å². The number of aromatic amines is 1. The first-order valence-electron chi connectivity index (χ1n) is 8.13. The number of aromatic nitrogens is 2. The Morgan fingerprint density at radius 1 is 1.36 bits per heavy atom. The maximum atomic E-state index is 12.3. The zero-order valence-electron chi connectivity index (χ0n) is 14.3. The largest absolute Gasteiger partial charge is 0.494 e. The maximum Gasteiger partial charge on any atom is 0.256 e. The third kappa shape index (κ3) is 4.08. The van der Waals surface area contributed by atoms with E-state index in [2.05, 4.69) is 14.9 Å². The lowest BCUT2D eigenvalue weighted by Gasteiger charge is -2.27. The Hall–Kier alpha value is -2.19. The van der Waals surface area contributed by atoms with Crippen LogP contribution in [0, 0.1) is 0 Å². The SMILES string of the molecule is CCOc1cccc(CN2CCc3nc(S(C)(=O)=O)[nH]c(=O)c3C2)c1. The minimum absolute atomic E-state index is 0.255. The highest BCUT2D eigenvalue weighted by molar-refractivity contribution is 7.90. The number of benzene rings is 1. The zero-order chi connectivity index (χ0) is 18.0. The third-order valence-corrected chi connectivity index (χ3v) is 4.99. The van der Waals surface area contributed by atoms with Crippen molar-refractivity contribution in [3.05, 3.63) is 51.4 Å². The Morgan fingerprint density at radius 3 is 2.88 bits per heavy atom. The Balaban J connectivity index is 1.80. The normalized spacial score (nSPS) is 15.0. The molecule has 2 aromatic rings. The topological polar surface area (TPSA) is 92.4 Å². The molecule has 1 aromatic carbocycles. The van der Waals surface area contributed by atoms with Gasteiger partial charge in [0, 0.05) is 32.3 Å². The predicted molar refractivity (Wildman–Crippen MR) is 93.4 cm³/mol. The van der Waals surface area contributed by atoms with E-state index < -0.39 is 9.84 Å². The van der Waals surface area contributed by atoms with E-state index in [-0.39, 0.29) is 10.7 Å². The molecule has 1 aromatic heterocycles. The van der Waals surface area contributed by atoms with Crippen molar-refractivity contribution in [2.75, 3.05) is 19.4 Å². The van der Waals surface area contributed by atoms with Crippen molar-refractivity contribution in [1.82, 2.24) is 14.9 Å². The lowest BCUT2D eigenvalue weighted by atomic mass is 10.1. The van der Waals surface area contributed by atoms with Crippen LogP contribution in [0.2, 0.25) is 0 Å². The lowest BCUT2D eigenvalue weighted by molar-refractivity contribution is 0.240. The highest BCUT2D eigenvalue weighted by atomic mass is 32.2. The molecule has 3 rings (SSSR count). The number of ether oxygens (including phenoxy) is 1. The van der Waals surface area contributed by atoms with Crippen molar-refractivity contribution in [1.29, 1.82) is 0 Å². The molecule has 0 saturated carbocycles. The molecule has 0 atom stereocenters. The van der Waals surface area contributed by atoms with Crippen LogP contribution >= 0.6 is 0 Å². The van der Waals surface area contributed by atoms with Crippen molar-refractivity contribution in [2.45, 2.75) is 31.6 Å². The van der Waals surface area contributed by atoms with E-state index in [4.69, 9.17) is 4.74 Å². The summed E-state index contributed by atoms with van der Waals surface area (Å²) in [6.07, 6.45) is 1.59. The van der Waals surface area contributed by atoms with Gasteiger partial charge in [0.05, 0.1) is 17.9 Å². The molecule has 1 N–H and O–H groups in total. The summed E-state index contributed by atoms with van der Waals surface area (Å²) in [5.41, 5.74) is 1.84. The molecule has 0 aliphatic carbocycles. The lowest BCUT2D eigenvalue weighted by Crippen LogP contribution is -2.36. The van der Waals surface area contributed by atoms with Gasteiger partial charge >= 0.3 is 0 Å². The van der Waals surface area contributed by atoms with Crippen molar-refractivity contribution in [2.24, 2.45) is 0 Å². The fourth-order valence-corrected chi connectivity index (χ4v) is 3.48. The predicted octanol–water partition coefficient (Wildman–Crippen LogP) is 1.13. The smallest absolute Gasteiger partial charge is 0.256 e. The number of rotatable bonds is 5. The monoisotopic (exact) mass is 363 g/mol. The molecule has 25 heavy (non-hydrogen) atoms. The fourth-order valence-electron chi connectivity index (χ4n) is 2.93. The summed E-state index contributed by atoms with van der Waals surface area (Å²) in [5, 5.41) is -0.255. The van der Waals surface area contributed by atoms with Gasteiger partial charge in [-0.3, -0.25) is 14.7 Å². The molecule has 0 spiro atoms. The first-order chi connectivity index (χ1) is 11.9. The van der Waals surface area contributed by atoms with Gasteiger partial charge in [-0.1, -0.05) is 12.1 Å². The maximum absolute atomic E-state index is 12.3. The van der Waals surface area contributed by atoms with Crippen LogP contribution < -0.4 is 10.3 Å². The van der Waals surface area contributed by atoms with E-state index in [1.807, 2.05) is 31.2 Å².